The molecule has 2 aromatic rings. The fourth-order valence-electron chi connectivity index (χ4n) is 3.08. The van der Waals surface area contributed by atoms with Gasteiger partial charge in [0.15, 0.2) is 0 Å². The van der Waals surface area contributed by atoms with E-state index in [0.29, 0.717) is 22.9 Å². The van der Waals surface area contributed by atoms with Gasteiger partial charge in [0.1, 0.15) is 5.69 Å². The fourth-order valence-corrected chi connectivity index (χ4v) is 3.08. The summed E-state index contributed by atoms with van der Waals surface area (Å²) < 4.78 is 4.67. The van der Waals surface area contributed by atoms with Crippen molar-refractivity contribution in [2.24, 2.45) is 0 Å². The number of hydrogen-bond acceptors (Lipinski definition) is 7. The molecule has 1 aromatic heterocycles. The topological polar surface area (TPSA) is 87.7 Å². The zero-order valence-electron chi connectivity index (χ0n) is 16.4. The molecule has 3 rings (SSSR count). The number of aromatic nitrogens is 2. The van der Waals surface area contributed by atoms with Gasteiger partial charge in [0.05, 0.1) is 12.7 Å². The third-order valence-electron chi connectivity index (χ3n) is 4.74. The molecule has 148 valence electrons. The lowest BCUT2D eigenvalue weighted by atomic mass is 10.2. The minimum absolute atomic E-state index is 0.315. The number of anilines is 2. The van der Waals surface area contributed by atoms with Gasteiger partial charge in [-0.25, -0.2) is 14.8 Å². The van der Waals surface area contributed by atoms with Crippen LogP contribution in [0.5, 0.6) is 0 Å². The van der Waals surface area contributed by atoms with Crippen LogP contribution in [0.1, 0.15) is 33.5 Å². The molecule has 0 spiro atoms. The number of benzene rings is 1. The Kier molecular flexibility index (Phi) is 6.20. The van der Waals surface area contributed by atoms with Crippen molar-refractivity contribution in [1.29, 1.82) is 0 Å². The standard InChI is InChI=1S/C20H25N5O3/c1-4-24-9-11-25(12-10-24)20-21-14(2)13-17(23-20)18(26)22-16-7-5-15(6-8-16)19(27)28-3/h5-8,13H,4,9-12H2,1-3H3,(H,22,26). The van der Waals surface area contributed by atoms with Gasteiger partial charge in [-0.3, -0.25) is 4.79 Å². The number of nitrogens with one attached hydrogen (secondary N) is 1. The summed E-state index contributed by atoms with van der Waals surface area (Å²) in [5.74, 6) is -0.149. The summed E-state index contributed by atoms with van der Waals surface area (Å²) in [6.07, 6.45) is 0. The van der Waals surface area contributed by atoms with E-state index < -0.39 is 5.97 Å². The second-order valence-electron chi connectivity index (χ2n) is 6.64. The van der Waals surface area contributed by atoms with Crippen LogP contribution in [0.15, 0.2) is 30.3 Å². The first-order valence-corrected chi connectivity index (χ1v) is 9.33. The van der Waals surface area contributed by atoms with Crippen molar-refractivity contribution in [2.45, 2.75) is 13.8 Å². The molecule has 1 aliphatic rings. The number of nitrogens with zero attached hydrogens (tertiary/aromatic N) is 4. The molecule has 1 aromatic carbocycles. The monoisotopic (exact) mass is 383 g/mol. The minimum atomic E-state index is -0.419. The van der Waals surface area contributed by atoms with Gasteiger partial charge in [-0.1, -0.05) is 6.92 Å². The molecule has 2 heterocycles. The minimum Gasteiger partial charge on any atom is -0.465 e. The molecule has 0 atom stereocenters. The van der Waals surface area contributed by atoms with Gasteiger partial charge in [0.25, 0.3) is 5.91 Å². The molecular weight excluding hydrogens is 358 g/mol. The molecule has 0 unspecified atom stereocenters. The van der Waals surface area contributed by atoms with Gasteiger partial charge >= 0.3 is 5.97 Å². The third kappa shape index (κ3) is 4.64. The molecule has 28 heavy (non-hydrogen) atoms. The second-order valence-corrected chi connectivity index (χ2v) is 6.64. The van der Waals surface area contributed by atoms with E-state index in [1.807, 2.05) is 6.92 Å². The van der Waals surface area contributed by atoms with E-state index in [2.05, 4.69) is 36.7 Å². The predicted octanol–water partition coefficient (Wildman–Crippen LogP) is 1.97. The van der Waals surface area contributed by atoms with Gasteiger partial charge in [-0.05, 0) is 43.8 Å². The molecule has 1 saturated heterocycles. The molecular formula is C20H25N5O3. The lowest BCUT2D eigenvalue weighted by Gasteiger charge is -2.34. The Balaban J connectivity index is 1.71. The highest BCUT2D eigenvalue weighted by Crippen LogP contribution is 2.15. The van der Waals surface area contributed by atoms with E-state index >= 15 is 0 Å². The first kappa shape index (κ1) is 19.8. The van der Waals surface area contributed by atoms with Crippen LogP contribution in [0.2, 0.25) is 0 Å². The van der Waals surface area contributed by atoms with Crippen LogP contribution in [0.3, 0.4) is 0 Å². The summed E-state index contributed by atoms with van der Waals surface area (Å²) in [6, 6.07) is 8.19. The number of hydrogen-bond donors (Lipinski definition) is 1. The zero-order valence-corrected chi connectivity index (χ0v) is 16.4. The molecule has 1 amide bonds. The molecule has 1 fully saturated rings. The molecule has 0 saturated carbocycles. The van der Waals surface area contributed by atoms with E-state index in [9.17, 15) is 9.59 Å². The number of aryl methyl sites for hydroxylation is 1. The van der Waals surface area contributed by atoms with Gasteiger partial charge in [-0.15, -0.1) is 0 Å². The van der Waals surface area contributed by atoms with Crippen LogP contribution < -0.4 is 10.2 Å². The summed E-state index contributed by atoms with van der Waals surface area (Å²) >= 11 is 0. The Hall–Kier alpha value is -3.00. The van der Waals surface area contributed by atoms with Crippen LogP contribution in [-0.4, -0.2) is 66.6 Å². The van der Waals surface area contributed by atoms with E-state index in [1.165, 1.54) is 7.11 Å². The zero-order chi connectivity index (χ0) is 20.1. The lowest BCUT2D eigenvalue weighted by molar-refractivity contribution is 0.0600. The average molecular weight is 383 g/mol. The number of piperazine rings is 1. The number of ether oxygens (including phenoxy) is 1. The molecule has 8 nitrogen and oxygen atoms in total. The van der Waals surface area contributed by atoms with Crippen LogP contribution in [0, 0.1) is 6.92 Å². The molecule has 0 radical (unpaired) electrons. The summed E-state index contributed by atoms with van der Waals surface area (Å²) in [4.78, 5) is 37.6. The van der Waals surface area contributed by atoms with Gasteiger partial charge in [-0.2, -0.15) is 0 Å². The molecule has 1 aliphatic heterocycles. The number of carbonyl (C=O) groups excluding carboxylic acids is 2. The maximum atomic E-state index is 12.7. The van der Waals surface area contributed by atoms with Gasteiger partial charge in [0.2, 0.25) is 5.95 Å². The quantitative estimate of drug-likeness (QED) is 0.790. The van der Waals surface area contributed by atoms with Crippen LogP contribution in [0.25, 0.3) is 0 Å². The van der Waals surface area contributed by atoms with Crippen LogP contribution in [0.4, 0.5) is 11.6 Å². The Morgan fingerprint density at radius 3 is 2.39 bits per heavy atom. The summed E-state index contributed by atoms with van der Waals surface area (Å²) in [6.45, 7) is 8.64. The molecule has 0 aliphatic carbocycles. The Bertz CT molecular complexity index is 845. The number of carbonyl (C=O) groups is 2. The van der Waals surface area contributed by atoms with E-state index in [1.54, 1.807) is 30.3 Å². The van der Waals surface area contributed by atoms with Gasteiger partial charge < -0.3 is 19.9 Å². The first-order valence-electron chi connectivity index (χ1n) is 9.33. The normalized spacial score (nSPS) is 14.6. The largest absolute Gasteiger partial charge is 0.465 e. The van der Waals surface area contributed by atoms with Crippen LogP contribution in [-0.2, 0) is 4.74 Å². The predicted molar refractivity (Wildman–Crippen MR) is 107 cm³/mol. The highest BCUT2D eigenvalue weighted by molar-refractivity contribution is 6.03. The number of amides is 1. The summed E-state index contributed by atoms with van der Waals surface area (Å²) in [5, 5.41) is 2.81. The second kappa shape index (κ2) is 8.79. The number of methoxy groups -OCH3 is 1. The number of rotatable bonds is 5. The van der Waals surface area contributed by atoms with Crippen LogP contribution >= 0.6 is 0 Å². The van der Waals surface area contributed by atoms with Crippen molar-refractivity contribution < 1.29 is 14.3 Å². The van der Waals surface area contributed by atoms with Crippen molar-refractivity contribution in [2.75, 3.05) is 50.1 Å². The Morgan fingerprint density at radius 2 is 1.79 bits per heavy atom. The maximum absolute atomic E-state index is 12.7. The average Bonchev–Trinajstić information content (AvgIpc) is 2.73. The lowest BCUT2D eigenvalue weighted by Crippen LogP contribution is -2.47. The Labute approximate surface area is 164 Å². The van der Waals surface area contributed by atoms with Gasteiger partial charge in [0, 0.05) is 37.6 Å². The van der Waals surface area contributed by atoms with E-state index in [4.69, 9.17) is 0 Å². The first-order chi connectivity index (χ1) is 13.5. The number of esters is 1. The highest BCUT2D eigenvalue weighted by Gasteiger charge is 2.20. The third-order valence-corrected chi connectivity index (χ3v) is 4.74. The summed E-state index contributed by atoms with van der Waals surface area (Å²) in [7, 11) is 1.33. The number of likely N-dealkylation sites (N-methyl/N-ethyl adjacent to an activating group) is 1. The van der Waals surface area contributed by atoms with Crippen molar-refractivity contribution in [3.05, 3.63) is 47.3 Å². The van der Waals surface area contributed by atoms with Crippen molar-refractivity contribution >= 4 is 23.5 Å². The van der Waals surface area contributed by atoms with Crippen molar-refractivity contribution in [3.8, 4) is 0 Å². The molecule has 0 bridgehead atoms. The summed E-state index contributed by atoms with van der Waals surface area (Å²) in [5.41, 5.74) is 2.06. The maximum Gasteiger partial charge on any atom is 0.337 e. The Morgan fingerprint density at radius 1 is 1.11 bits per heavy atom. The molecule has 1 N–H and O–H groups in total. The van der Waals surface area contributed by atoms with E-state index in [0.717, 1.165) is 38.4 Å². The highest BCUT2D eigenvalue weighted by atomic mass is 16.5. The van der Waals surface area contributed by atoms with Crippen molar-refractivity contribution in [1.82, 2.24) is 14.9 Å². The SMILES string of the molecule is CCN1CCN(c2nc(C)cc(C(=O)Nc3ccc(C(=O)OC)cc3)n2)CC1. The fraction of sp³-hybridized carbons (Fsp3) is 0.400. The van der Waals surface area contributed by atoms with Crippen molar-refractivity contribution in [3.63, 3.8) is 0 Å². The van der Waals surface area contributed by atoms with E-state index in [-0.39, 0.29) is 5.91 Å². The molecule has 8 heteroatoms. The smallest absolute Gasteiger partial charge is 0.337 e.